The number of nitrogens with one attached hydrogen (secondary N) is 1. The van der Waals surface area contributed by atoms with E-state index < -0.39 is 28.9 Å². The van der Waals surface area contributed by atoms with Crippen molar-refractivity contribution in [2.24, 2.45) is 0 Å². The van der Waals surface area contributed by atoms with Crippen LogP contribution in [-0.2, 0) is 4.79 Å². The van der Waals surface area contributed by atoms with E-state index in [-0.39, 0.29) is 5.69 Å². The Balaban J connectivity index is 3.25. The molecule has 1 amide bonds. The minimum atomic E-state index is -1.24. The van der Waals surface area contributed by atoms with E-state index in [1.165, 1.54) is 0 Å². The Morgan fingerprint density at radius 2 is 1.86 bits per heavy atom. The van der Waals surface area contributed by atoms with Crippen LogP contribution in [0.25, 0.3) is 0 Å². The average Bonchev–Trinajstić information content (AvgIpc) is 2.10. The summed E-state index contributed by atoms with van der Waals surface area (Å²) in [5.41, 5.74) is -0.803. The summed E-state index contributed by atoms with van der Waals surface area (Å²) in [6.07, 6.45) is 0. The second-order valence-corrected chi connectivity index (χ2v) is 2.84. The Morgan fingerprint density at radius 3 is 2.36 bits per heavy atom. The van der Waals surface area contributed by atoms with Gasteiger partial charge in [-0.1, -0.05) is 0 Å². The molecular formula is C9H8F3NO. The summed E-state index contributed by atoms with van der Waals surface area (Å²) in [5.74, 6) is -3.93. The standard InChI is InChI=1S/C9H8F3NO/c1-4-8(11)6(10)3-7(9(4)12)13-5(2)14/h3H,1-2H3,(H,13,14). The van der Waals surface area contributed by atoms with Crippen molar-refractivity contribution in [2.75, 3.05) is 5.32 Å². The van der Waals surface area contributed by atoms with E-state index in [2.05, 4.69) is 5.32 Å². The zero-order chi connectivity index (χ0) is 10.9. The van der Waals surface area contributed by atoms with Gasteiger partial charge in [-0.15, -0.1) is 0 Å². The smallest absolute Gasteiger partial charge is 0.221 e. The minimum absolute atomic E-state index is 0.353. The van der Waals surface area contributed by atoms with E-state index in [9.17, 15) is 18.0 Å². The molecule has 0 aliphatic heterocycles. The maximum atomic E-state index is 13.2. The molecule has 1 aromatic carbocycles. The molecule has 1 rings (SSSR count). The number of amides is 1. The lowest BCUT2D eigenvalue weighted by atomic mass is 10.2. The first-order valence-corrected chi connectivity index (χ1v) is 3.85. The third-order valence-corrected chi connectivity index (χ3v) is 1.69. The third-order valence-electron chi connectivity index (χ3n) is 1.69. The van der Waals surface area contributed by atoms with E-state index in [0.717, 1.165) is 13.8 Å². The van der Waals surface area contributed by atoms with Gasteiger partial charge in [0, 0.05) is 18.6 Å². The highest BCUT2D eigenvalue weighted by Crippen LogP contribution is 2.22. The average molecular weight is 203 g/mol. The molecule has 76 valence electrons. The maximum Gasteiger partial charge on any atom is 0.221 e. The van der Waals surface area contributed by atoms with Crippen LogP contribution in [0.5, 0.6) is 0 Å². The number of carbonyl (C=O) groups is 1. The fourth-order valence-electron chi connectivity index (χ4n) is 1.01. The van der Waals surface area contributed by atoms with Crippen molar-refractivity contribution < 1.29 is 18.0 Å². The highest BCUT2D eigenvalue weighted by Gasteiger charge is 2.15. The molecule has 0 saturated carbocycles. The van der Waals surface area contributed by atoms with Crippen LogP contribution in [0.2, 0.25) is 0 Å². The second-order valence-electron chi connectivity index (χ2n) is 2.84. The lowest BCUT2D eigenvalue weighted by Gasteiger charge is -2.07. The first-order valence-electron chi connectivity index (χ1n) is 3.85. The molecule has 0 heterocycles. The molecule has 0 unspecified atom stereocenters. The second kappa shape index (κ2) is 3.69. The molecule has 1 aromatic rings. The fourth-order valence-corrected chi connectivity index (χ4v) is 1.01. The molecule has 0 bridgehead atoms. The SMILES string of the molecule is CC(=O)Nc1cc(F)c(F)c(C)c1F. The number of rotatable bonds is 1. The fraction of sp³-hybridized carbons (Fsp3) is 0.222. The maximum absolute atomic E-state index is 13.2. The minimum Gasteiger partial charge on any atom is -0.324 e. The molecule has 1 N–H and O–H groups in total. The molecule has 0 saturated heterocycles. The summed E-state index contributed by atoms with van der Waals surface area (Å²) in [5, 5.41) is 2.06. The van der Waals surface area contributed by atoms with Crippen LogP contribution in [0.3, 0.4) is 0 Å². The van der Waals surface area contributed by atoms with Crippen molar-refractivity contribution in [3.05, 3.63) is 29.1 Å². The molecule has 0 aliphatic rings. The van der Waals surface area contributed by atoms with Crippen molar-refractivity contribution in [1.82, 2.24) is 0 Å². The topological polar surface area (TPSA) is 29.1 Å². The number of anilines is 1. The van der Waals surface area contributed by atoms with Gasteiger partial charge in [0.05, 0.1) is 5.69 Å². The van der Waals surface area contributed by atoms with Gasteiger partial charge in [-0.25, -0.2) is 13.2 Å². The van der Waals surface area contributed by atoms with E-state index in [4.69, 9.17) is 0 Å². The van der Waals surface area contributed by atoms with Crippen LogP contribution >= 0.6 is 0 Å². The number of hydrogen-bond donors (Lipinski definition) is 1. The van der Waals surface area contributed by atoms with E-state index in [0.29, 0.717) is 6.07 Å². The first kappa shape index (κ1) is 10.6. The predicted molar refractivity (Wildman–Crippen MR) is 45.4 cm³/mol. The van der Waals surface area contributed by atoms with Gasteiger partial charge in [0.1, 0.15) is 0 Å². The molecule has 0 fully saturated rings. The van der Waals surface area contributed by atoms with E-state index >= 15 is 0 Å². The van der Waals surface area contributed by atoms with Crippen LogP contribution in [-0.4, -0.2) is 5.91 Å². The normalized spacial score (nSPS) is 10.1. The molecule has 14 heavy (non-hydrogen) atoms. The van der Waals surface area contributed by atoms with Crippen LogP contribution in [0, 0.1) is 24.4 Å². The van der Waals surface area contributed by atoms with Crippen molar-refractivity contribution in [3.63, 3.8) is 0 Å². The summed E-state index contributed by atoms with van der Waals surface area (Å²) in [6, 6.07) is 0.610. The molecular weight excluding hydrogens is 195 g/mol. The number of benzene rings is 1. The Labute approximate surface area is 78.7 Å². The van der Waals surface area contributed by atoms with Gasteiger partial charge in [-0.05, 0) is 6.92 Å². The zero-order valence-corrected chi connectivity index (χ0v) is 7.62. The van der Waals surface area contributed by atoms with E-state index in [1.54, 1.807) is 0 Å². The summed E-state index contributed by atoms with van der Waals surface area (Å²) >= 11 is 0. The summed E-state index contributed by atoms with van der Waals surface area (Å²) in [7, 11) is 0. The number of hydrogen-bond acceptors (Lipinski definition) is 1. The molecule has 0 radical (unpaired) electrons. The lowest BCUT2D eigenvalue weighted by molar-refractivity contribution is -0.114. The van der Waals surface area contributed by atoms with Gasteiger partial charge in [-0.3, -0.25) is 4.79 Å². The molecule has 2 nitrogen and oxygen atoms in total. The van der Waals surface area contributed by atoms with Crippen molar-refractivity contribution >= 4 is 11.6 Å². The van der Waals surface area contributed by atoms with Crippen molar-refractivity contribution in [2.45, 2.75) is 13.8 Å². The molecule has 0 aliphatic carbocycles. The van der Waals surface area contributed by atoms with Gasteiger partial charge in [0.25, 0.3) is 0 Å². The van der Waals surface area contributed by atoms with Crippen molar-refractivity contribution in [3.8, 4) is 0 Å². The van der Waals surface area contributed by atoms with Gasteiger partial charge in [-0.2, -0.15) is 0 Å². The van der Waals surface area contributed by atoms with Crippen LogP contribution < -0.4 is 5.32 Å². The largest absolute Gasteiger partial charge is 0.324 e. The van der Waals surface area contributed by atoms with Gasteiger partial charge >= 0.3 is 0 Å². The van der Waals surface area contributed by atoms with Gasteiger partial charge in [0.2, 0.25) is 5.91 Å². The van der Waals surface area contributed by atoms with Crippen molar-refractivity contribution in [1.29, 1.82) is 0 Å². The highest BCUT2D eigenvalue weighted by atomic mass is 19.2. The lowest BCUT2D eigenvalue weighted by Crippen LogP contribution is -2.09. The van der Waals surface area contributed by atoms with Crippen LogP contribution in [0.4, 0.5) is 18.9 Å². The Bertz CT molecular complexity index is 390. The van der Waals surface area contributed by atoms with E-state index in [1.807, 2.05) is 0 Å². The molecule has 0 atom stereocenters. The Morgan fingerprint density at radius 1 is 1.29 bits per heavy atom. The zero-order valence-electron chi connectivity index (χ0n) is 7.62. The van der Waals surface area contributed by atoms with Gasteiger partial charge < -0.3 is 5.32 Å². The highest BCUT2D eigenvalue weighted by molar-refractivity contribution is 5.88. The summed E-state index contributed by atoms with van der Waals surface area (Å²) in [4.78, 5) is 10.6. The predicted octanol–water partition coefficient (Wildman–Crippen LogP) is 2.37. The summed E-state index contributed by atoms with van der Waals surface area (Å²) in [6.45, 7) is 2.25. The molecule has 5 heteroatoms. The molecule has 0 aromatic heterocycles. The van der Waals surface area contributed by atoms with Crippen LogP contribution in [0.15, 0.2) is 6.07 Å². The van der Waals surface area contributed by atoms with Gasteiger partial charge in [0.15, 0.2) is 17.5 Å². The number of carbonyl (C=O) groups excluding carboxylic acids is 1. The third kappa shape index (κ3) is 1.86. The van der Waals surface area contributed by atoms with Crippen LogP contribution in [0.1, 0.15) is 12.5 Å². The Kier molecular flexibility index (Phi) is 2.78. The number of halogens is 3. The quantitative estimate of drug-likeness (QED) is 0.697. The molecule has 0 spiro atoms. The monoisotopic (exact) mass is 203 g/mol. The Hall–Kier alpha value is -1.52. The summed E-state index contributed by atoms with van der Waals surface area (Å²) < 4.78 is 38.7. The first-order chi connectivity index (χ1) is 6.43.